The fraction of sp³-hybridized carbons (Fsp3) is 0.417. The van der Waals surface area contributed by atoms with E-state index in [9.17, 15) is 13.6 Å². The quantitative estimate of drug-likeness (QED) is 0.839. The van der Waals surface area contributed by atoms with Gasteiger partial charge in [0.2, 0.25) is 5.91 Å². The molecule has 0 heterocycles. The Morgan fingerprint density at radius 3 is 2.12 bits per heavy atom. The fourth-order valence-electron chi connectivity index (χ4n) is 1.53. The first kappa shape index (κ1) is 12.6. The van der Waals surface area contributed by atoms with Crippen LogP contribution in [0.15, 0.2) is 18.2 Å². The average Bonchev–Trinajstić information content (AvgIpc) is 2.17. The molecule has 0 saturated heterocycles. The Hall–Kier alpha value is -1.45. The molecule has 0 aromatic heterocycles. The molecule has 2 nitrogen and oxygen atoms in total. The van der Waals surface area contributed by atoms with Gasteiger partial charge < -0.3 is 5.32 Å². The summed E-state index contributed by atoms with van der Waals surface area (Å²) < 4.78 is 25.7. The predicted molar refractivity (Wildman–Crippen MR) is 59.1 cm³/mol. The summed E-state index contributed by atoms with van der Waals surface area (Å²) >= 11 is 0. The topological polar surface area (TPSA) is 29.1 Å². The number of benzene rings is 1. The van der Waals surface area contributed by atoms with Crippen LogP contribution < -0.4 is 5.32 Å². The molecule has 0 atom stereocenters. The summed E-state index contributed by atoms with van der Waals surface area (Å²) in [5.41, 5.74) is 0.161. The monoisotopic (exact) mass is 227 g/mol. The van der Waals surface area contributed by atoms with E-state index in [2.05, 4.69) is 5.32 Å². The Bertz CT molecular complexity index is 355. The number of halogens is 2. The van der Waals surface area contributed by atoms with Crippen LogP contribution in [0, 0.1) is 17.6 Å². The van der Waals surface area contributed by atoms with Crippen molar-refractivity contribution in [2.75, 3.05) is 5.32 Å². The highest BCUT2D eigenvalue weighted by Crippen LogP contribution is 2.16. The van der Waals surface area contributed by atoms with Crippen LogP contribution in [-0.4, -0.2) is 5.91 Å². The predicted octanol–water partition coefficient (Wildman–Crippen LogP) is 3.34. The van der Waals surface area contributed by atoms with Gasteiger partial charge in [0, 0.05) is 17.7 Å². The van der Waals surface area contributed by atoms with E-state index in [0.717, 1.165) is 18.2 Å². The van der Waals surface area contributed by atoms with Gasteiger partial charge in [0.05, 0.1) is 0 Å². The normalized spacial score (nSPS) is 10.6. The molecular weight excluding hydrogens is 212 g/mol. The summed E-state index contributed by atoms with van der Waals surface area (Å²) in [7, 11) is 0. The minimum absolute atomic E-state index is 0.119. The summed E-state index contributed by atoms with van der Waals surface area (Å²) in [4.78, 5) is 11.6. The van der Waals surface area contributed by atoms with E-state index < -0.39 is 11.6 Å². The third-order valence-electron chi connectivity index (χ3n) is 2.49. The van der Waals surface area contributed by atoms with Crippen molar-refractivity contribution in [2.24, 2.45) is 5.92 Å². The Morgan fingerprint density at radius 2 is 1.69 bits per heavy atom. The van der Waals surface area contributed by atoms with Crippen molar-refractivity contribution < 1.29 is 13.6 Å². The van der Waals surface area contributed by atoms with Gasteiger partial charge in [-0.2, -0.15) is 0 Å². The van der Waals surface area contributed by atoms with Crippen molar-refractivity contribution in [3.8, 4) is 0 Å². The highest BCUT2D eigenvalue weighted by atomic mass is 19.1. The Kier molecular flexibility index (Phi) is 4.40. The molecule has 1 rings (SSSR count). The number of carbonyl (C=O) groups excluding carboxylic acids is 1. The highest BCUT2D eigenvalue weighted by molar-refractivity contribution is 5.92. The molecule has 0 unspecified atom stereocenters. The number of carbonyl (C=O) groups is 1. The Balaban J connectivity index is 2.76. The molecule has 0 fully saturated rings. The van der Waals surface area contributed by atoms with Crippen LogP contribution in [0.4, 0.5) is 14.5 Å². The van der Waals surface area contributed by atoms with Gasteiger partial charge in [0.25, 0.3) is 0 Å². The maximum Gasteiger partial charge on any atom is 0.227 e. The second-order valence-corrected chi connectivity index (χ2v) is 3.66. The summed E-state index contributed by atoms with van der Waals surface area (Å²) in [5, 5.41) is 2.51. The molecule has 88 valence electrons. The molecule has 0 aliphatic carbocycles. The molecule has 0 spiro atoms. The molecule has 0 radical (unpaired) electrons. The zero-order chi connectivity index (χ0) is 12.1. The number of hydrogen-bond acceptors (Lipinski definition) is 1. The third-order valence-corrected chi connectivity index (χ3v) is 2.49. The van der Waals surface area contributed by atoms with Gasteiger partial charge in [-0.1, -0.05) is 13.8 Å². The number of rotatable bonds is 4. The molecule has 4 heteroatoms. The first-order valence-electron chi connectivity index (χ1n) is 5.33. The lowest BCUT2D eigenvalue weighted by Gasteiger charge is -2.12. The summed E-state index contributed by atoms with van der Waals surface area (Å²) in [6, 6.07) is 2.97. The van der Waals surface area contributed by atoms with Crippen molar-refractivity contribution in [2.45, 2.75) is 26.7 Å². The van der Waals surface area contributed by atoms with E-state index in [4.69, 9.17) is 0 Å². The van der Waals surface area contributed by atoms with Crippen LogP contribution in [0.2, 0.25) is 0 Å². The zero-order valence-electron chi connectivity index (χ0n) is 9.39. The molecule has 16 heavy (non-hydrogen) atoms. The van der Waals surface area contributed by atoms with Crippen LogP contribution in [0.25, 0.3) is 0 Å². The number of anilines is 1. The van der Waals surface area contributed by atoms with Gasteiger partial charge in [0.15, 0.2) is 0 Å². The molecule has 1 aromatic carbocycles. The minimum atomic E-state index is -0.695. The first-order valence-corrected chi connectivity index (χ1v) is 5.33. The molecule has 1 aromatic rings. The van der Waals surface area contributed by atoms with Crippen LogP contribution in [0.1, 0.15) is 26.7 Å². The van der Waals surface area contributed by atoms with E-state index in [1.807, 2.05) is 13.8 Å². The largest absolute Gasteiger partial charge is 0.326 e. The molecule has 1 N–H and O–H groups in total. The lowest BCUT2D eigenvalue weighted by atomic mass is 10.0. The van der Waals surface area contributed by atoms with E-state index in [0.29, 0.717) is 12.8 Å². The van der Waals surface area contributed by atoms with Crippen LogP contribution in [0.5, 0.6) is 0 Å². The lowest BCUT2D eigenvalue weighted by Crippen LogP contribution is -2.21. The third kappa shape index (κ3) is 3.29. The van der Waals surface area contributed by atoms with E-state index >= 15 is 0 Å². The first-order chi connectivity index (χ1) is 7.56. The van der Waals surface area contributed by atoms with Gasteiger partial charge in [0.1, 0.15) is 11.6 Å². The van der Waals surface area contributed by atoms with Crippen LogP contribution >= 0.6 is 0 Å². The SMILES string of the molecule is CCC(CC)C(=O)Nc1cc(F)cc(F)c1. The minimum Gasteiger partial charge on any atom is -0.326 e. The van der Waals surface area contributed by atoms with Crippen molar-refractivity contribution >= 4 is 11.6 Å². The van der Waals surface area contributed by atoms with Crippen LogP contribution in [-0.2, 0) is 4.79 Å². The highest BCUT2D eigenvalue weighted by Gasteiger charge is 2.14. The average molecular weight is 227 g/mol. The molecule has 0 aliphatic rings. The molecule has 0 bridgehead atoms. The Labute approximate surface area is 93.7 Å². The molecule has 0 aliphatic heterocycles. The van der Waals surface area contributed by atoms with Crippen LogP contribution in [0.3, 0.4) is 0 Å². The number of hydrogen-bond donors (Lipinski definition) is 1. The number of nitrogens with one attached hydrogen (secondary N) is 1. The smallest absolute Gasteiger partial charge is 0.227 e. The fourth-order valence-corrected chi connectivity index (χ4v) is 1.53. The van der Waals surface area contributed by atoms with Crippen molar-refractivity contribution in [1.82, 2.24) is 0 Å². The second-order valence-electron chi connectivity index (χ2n) is 3.66. The van der Waals surface area contributed by atoms with Gasteiger partial charge >= 0.3 is 0 Å². The summed E-state index contributed by atoms with van der Waals surface area (Å²) in [6.07, 6.45) is 1.42. The van der Waals surface area contributed by atoms with E-state index in [1.165, 1.54) is 0 Å². The summed E-state index contributed by atoms with van der Waals surface area (Å²) in [6.45, 7) is 3.81. The molecule has 1 amide bonds. The summed E-state index contributed by atoms with van der Waals surface area (Å²) in [5.74, 6) is -1.71. The van der Waals surface area contributed by atoms with Gasteiger partial charge in [-0.3, -0.25) is 4.79 Å². The maximum atomic E-state index is 12.9. The van der Waals surface area contributed by atoms with Gasteiger partial charge in [-0.25, -0.2) is 8.78 Å². The van der Waals surface area contributed by atoms with Gasteiger partial charge in [-0.05, 0) is 25.0 Å². The van der Waals surface area contributed by atoms with Gasteiger partial charge in [-0.15, -0.1) is 0 Å². The standard InChI is InChI=1S/C12H15F2NO/c1-3-8(4-2)12(16)15-11-6-9(13)5-10(14)7-11/h5-8H,3-4H2,1-2H3,(H,15,16). The van der Waals surface area contributed by atoms with Crippen molar-refractivity contribution in [3.63, 3.8) is 0 Å². The molecule has 0 saturated carbocycles. The second kappa shape index (κ2) is 5.58. The maximum absolute atomic E-state index is 12.9. The van der Waals surface area contributed by atoms with Crippen molar-refractivity contribution in [3.05, 3.63) is 29.8 Å². The van der Waals surface area contributed by atoms with Crippen molar-refractivity contribution in [1.29, 1.82) is 0 Å². The molecular formula is C12H15F2NO. The number of amides is 1. The zero-order valence-corrected chi connectivity index (χ0v) is 9.39. The lowest BCUT2D eigenvalue weighted by molar-refractivity contribution is -0.120. The Morgan fingerprint density at radius 1 is 1.19 bits per heavy atom. The van der Waals surface area contributed by atoms with E-state index in [-0.39, 0.29) is 17.5 Å². The van der Waals surface area contributed by atoms with E-state index in [1.54, 1.807) is 0 Å².